The number of rotatable bonds is 4. The normalized spacial score (nSPS) is 15.1. The van der Waals surface area contributed by atoms with Gasteiger partial charge in [0.25, 0.3) is 5.56 Å². The number of aromatic nitrogens is 2. The SMILES string of the molecule is Cc1ccc(NC(=O)[C@@H]2CC(=O)Nc3nc(Nc4ccc(Cl)cc4)[nH]c(=O)c32)cc1. The Hall–Kier alpha value is -3.65. The molecule has 30 heavy (non-hydrogen) atoms. The van der Waals surface area contributed by atoms with Gasteiger partial charge in [-0.1, -0.05) is 29.3 Å². The van der Waals surface area contributed by atoms with E-state index in [1.165, 1.54) is 0 Å². The summed E-state index contributed by atoms with van der Waals surface area (Å²) in [6, 6.07) is 14.1. The summed E-state index contributed by atoms with van der Waals surface area (Å²) in [6.07, 6.45) is -0.139. The van der Waals surface area contributed by atoms with Crippen molar-refractivity contribution < 1.29 is 9.59 Å². The van der Waals surface area contributed by atoms with Crippen molar-refractivity contribution in [2.75, 3.05) is 16.0 Å². The van der Waals surface area contributed by atoms with Crippen LogP contribution in [0, 0.1) is 6.92 Å². The lowest BCUT2D eigenvalue weighted by molar-refractivity contribution is -0.123. The lowest BCUT2D eigenvalue weighted by Gasteiger charge is -2.23. The maximum atomic E-state index is 12.8. The molecule has 4 N–H and O–H groups in total. The lowest BCUT2D eigenvalue weighted by atomic mass is 9.92. The number of hydrogen-bond donors (Lipinski definition) is 4. The molecular weight excluding hydrogens is 406 g/mol. The van der Waals surface area contributed by atoms with Gasteiger partial charge in [-0.15, -0.1) is 0 Å². The molecule has 1 aromatic heterocycles. The molecule has 2 heterocycles. The zero-order valence-electron chi connectivity index (χ0n) is 16.0. The number of fused-ring (bicyclic) bond motifs is 1. The highest BCUT2D eigenvalue weighted by Crippen LogP contribution is 2.30. The van der Waals surface area contributed by atoms with Gasteiger partial charge in [0.1, 0.15) is 5.82 Å². The van der Waals surface area contributed by atoms with Gasteiger partial charge in [0.15, 0.2) is 0 Å². The molecule has 1 aliphatic heterocycles. The first kappa shape index (κ1) is 19.7. The van der Waals surface area contributed by atoms with Crippen molar-refractivity contribution in [1.82, 2.24) is 9.97 Å². The molecule has 0 fully saturated rings. The molecule has 9 heteroatoms. The second kappa shape index (κ2) is 8.00. The van der Waals surface area contributed by atoms with Crippen LogP contribution in [0.2, 0.25) is 5.02 Å². The third-order valence-electron chi connectivity index (χ3n) is 4.69. The van der Waals surface area contributed by atoms with Crippen molar-refractivity contribution in [2.45, 2.75) is 19.3 Å². The molecule has 0 bridgehead atoms. The first-order valence-corrected chi connectivity index (χ1v) is 9.61. The van der Waals surface area contributed by atoms with E-state index in [9.17, 15) is 14.4 Å². The van der Waals surface area contributed by atoms with Crippen LogP contribution < -0.4 is 21.5 Å². The number of halogens is 1. The standard InChI is InChI=1S/C21H18ClN5O3/c1-11-2-6-13(7-3-11)23-19(29)15-10-16(28)25-18-17(15)20(30)27-21(26-18)24-14-8-4-12(22)5-9-14/h2-9,15H,10H2,1H3,(H,23,29)(H3,24,25,26,27,28,30)/t15-/m1/s1. The van der Waals surface area contributed by atoms with Crippen LogP contribution >= 0.6 is 11.6 Å². The van der Waals surface area contributed by atoms with E-state index in [2.05, 4.69) is 25.9 Å². The predicted octanol–water partition coefficient (Wildman–Crippen LogP) is 3.54. The first-order chi connectivity index (χ1) is 14.4. The van der Waals surface area contributed by atoms with Gasteiger partial charge < -0.3 is 16.0 Å². The van der Waals surface area contributed by atoms with E-state index in [1.807, 2.05) is 19.1 Å². The predicted molar refractivity (Wildman–Crippen MR) is 115 cm³/mol. The minimum absolute atomic E-state index is 0.0653. The van der Waals surface area contributed by atoms with Crippen LogP contribution in [0.5, 0.6) is 0 Å². The molecule has 0 unspecified atom stereocenters. The van der Waals surface area contributed by atoms with Gasteiger partial charge in [-0.25, -0.2) is 0 Å². The fourth-order valence-electron chi connectivity index (χ4n) is 3.19. The topological polar surface area (TPSA) is 116 Å². The summed E-state index contributed by atoms with van der Waals surface area (Å²) in [5.41, 5.74) is 1.92. The number of benzene rings is 2. The molecule has 3 aromatic rings. The van der Waals surface area contributed by atoms with Crippen molar-refractivity contribution in [2.24, 2.45) is 0 Å². The Morgan fingerprint density at radius 3 is 2.43 bits per heavy atom. The average molecular weight is 424 g/mol. The molecule has 152 valence electrons. The van der Waals surface area contributed by atoms with Crippen LogP contribution in [0.4, 0.5) is 23.1 Å². The monoisotopic (exact) mass is 423 g/mol. The van der Waals surface area contributed by atoms with Crippen LogP contribution in [-0.2, 0) is 9.59 Å². The summed E-state index contributed by atoms with van der Waals surface area (Å²) in [7, 11) is 0. The molecule has 0 aliphatic carbocycles. The van der Waals surface area contributed by atoms with Crippen LogP contribution in [0.3, 0.4) is 0 Å². The second-order valence-corrected chi connectivity index (χ2v) is 7.41. The fraction of sp³-hybridized carbons (Fsp3) is 0.143. The van der Waals surface area contributed by atoms with Gasteiger partial charge in [0.05, 0.1) is 11.5 Å². The molecular formula is C21H18ClN5O3. The molecule has 1 aliphatic rings. The molecule has 0 saturated heterocycles. The van der Waals surface area contributed by atoms with E-state index < -0.39 is 17.4 Å². The molecule has 1 atom stereocenters. The van der Waals surface area contributed by atoms with Gasteiger partial charge >= 0.3 is 0 Å². The van der Waals surface area contributed by atoms with E-state index in [4.69, 9.17) is 11.6 Å². The Balaban J connectivity index is 1.62. The molecule has 0 saturated carbocycles. The van der Waals surface area contributed by atoms with E-state index >= 15 is 0 Å². The number of H-pyrrole nitrogens is 1. The number of hydrogen-bond acceptors (Lipinski definition) is 5. The maximum absolute atomic E-state index is 12.8. The molecule has 8 nitrogen and oxygen atoms in total. The third-order valence-corrected chi connectivity index (χ3v) is 4.95. The summed E-state index contributed by atoms with van der Waals surface area (Å²) >= 11 is 5.88. The van der Waals surface area contributed by atoms with Gasteiger partial charge in [-0.05, 0) is 43.3 Å². The Labute approximate surface area is 176 Å². The summed E-state index contributed by atoms with van der Waals surface area (Å²) in [4.78, 5) is 44.7. The van der Waals surface area contributed by atoms with E-state index in [-0.39, 0.29) is 29.7 Å². The Morgan fingerprint density at radius 1 is 1.07 bits per heavy atom. The number of nitrogens with zero attached hydrogens (tertiary/aromatic N) is 1. The number of carbonyl (C=O) groups is 2. The van der Waals surface area contributed by atoms with Crippen molar-refractivity contribution >= 4 is 46.6 Å². The summed E-state index contributed by atoms with van der Waals surface area (Å²) in [5, 5.41) is 8.86. The van der Waals surface area contributed by atoms with Crippen LogP contribution in [0.1, 0.15) is 23.5 Å². The minimum Gasteiger partial charge on any atom is -0.326 e. The first-order valence-electron chi connectivity index (χ1n) is 9.23. The van der Waals surface area contributed by atoms with Crippen LogP contribution in [-0.4, -0.2) is 21.8 Å². The van der Waals surface area contributed by atoms with Crippen LogP contribution in [0.15, 0.2) is 53.3 Å². The number of carbonyl (C=O) groups excluding carboxylic acids is 2. The van der Waals surface area contributed by atoms with Crippen molar-refractivity contribution in [3.05, 3.63) is 75.0 Å². The van der Waals surface area contributed by atoms with Gasteiger partial charge in [0, 0.05) is 22.8 Å². The molecule has 2 aromatic carbocycles. The minimum atomic E-state index is -0.948. The Morgan fingerprint density at radius 2 is 1.73 bits per heavy atom. The highest BCUT2D eigenvalue weighted by Gasteiger charge is 2.34. The van der Waals surface area contributed by atoms with Crippen molar-refractivity contribution in [3.8, 4) is 0 Å². The zero-order chi connectivity index (χ0) is 21.3. The average Bonchev–Trinajstić information content (AvgIpc) is 2.70. The van der Waals surface area contributed by atoms with E-state index in [0.717, 1.165) is 5.56 Å². The van der Waals surface area contributed by atoms with Gasteiger partial charge in [-0.2, -0.15) is 4.98 Å². The number of amides is 2. The summed E-state index contributed by atoms with van der Waals surface area (Å²) in [6.45, 7) is 1.94. The van der Waals surface area contributed by atoms with Crippen molar-refractivity contribution in [3.63, 3.8) is 0 Å². The zero-order valence-corrected chi connectivity index (χ0v) is 16.7. The fourth-order valence-corrected chi connectivity index (χ4v) is 3.32. The number of aromatic amines is 1. The Kier molecular flexibility index (Phi) is 5.24. The highest BCUT2D eigenvalue weighted by atomic mass is 35.5. The Bertz CT molecular complexity index is 1170. The molecule has 2 amide bonds. The van der Waals surface area contributed by atoms with Crippen LogP contribution in [0.25, 0.3) is 0 Å². The number of nitrogens with one attached hydrogen (secondary N) is 4. The number of aryl methyl sites for hydroxylation is 1. The number of anilines is 4. The smallest absolute Gasteiger partial charge is 0.258 e. The molecule has 4 rings (SSSR count). The quantitative estimate of drug-likeness (QED) is 0.512. The largest absolute Gasteiger partial charge is 0.326 e. The highest BCUT2D eigenvalue weighted by molar-refractivity contribution is 6.30. The van der Waals surface area contributed by atoms with Gasteiger partial charge in [0.2, 0.25) is 17.8 Å². The molecule has 0 radical (unpaired) electrons. The van der Waals surface area contributed by atoms with E-state index in [0.29, 0.717) is 16.4 Å². The maximum Gasteiger partial charge on any atom is 0.258 e. The molecule has 0 spiro atoms. The van der Waals surface area contributed by atoms with E-state index in [1.54, 1.807) is 36.4 Å². The summed E-state index contributed by atoms with van der Waals surface area (Å²) in [5.74, 6) is -1.57. The van der Waals surface area contributed by atoms with Crippen molar-refractivity contribution in [1.29, 1.82) is 0 Å². The summed E-state index contributed by atoms with van der Waals surface area (Å²) < 4.78 is 0. The third kappa shape index (κ3) is 4.18. The van der Waals surface area contributed by atoms with Gasteiger partial charge in [-0.3, -0.25) is 19.4 Å². The lowest BCUT2D eigenvalue weighted by Crippen LogP contribution is -2.36. The second-order valence-electron chi connectivity index (χ2n) is 6.97.